The van der Waals surface area contributed by atoms with Gasteiger partial charge in [0, 0.05) is 5.54 Å². The number of likely N-dealkylation sites (N-methyl/N-ethyl adjacent to an activating group) is 1. The molecule has 14 heavy (non-hydrogen) atoms. The standard InChI is InChI=1S/C11H26N2O/c1-5-8-13(4)9-7-11(3,10-14)12-6-2/h12,14H,5-10H2,1-4H3. The molecular formula is C11H26N2O. The third-order valence-electron chi connectivity index (χ3n) is 2.60. The van der Waals surface area contributed by atoms with E-state index in [1.54, 1.807) is 0 Å². The van der Waals surface area contributed by atoms with Gasteiger partial charge in [-0.1, -0.05) is 13.8 Å². The highest BCUT2D eigenvalue weighted by molar-refractivity contribution is 4.82. The summed E-state index contributed by atoms with van der Waals surface area (Å²) in [6.07, 6.45) is 2.18. The summed E-state index contributed by atoms with van der Waals surface area (Å²) in [5.41, 5.74) is -0.114. The van der Waals surface area contributed by atoms with E-state index in [0.29, 0.717) is 0 Å². The Hall–Kier alpha value is -0.120. The molecule has 1 atom stereocenters. The van der Waals surface area contributed by atoms with Crippen LogP contribution in [0.4, 0.5) is 0 Å². The lowest BCUT2D eigenvalue weighted by molar-refractivity contribution is 0.153. The molecule has 3 nitrogen and oxygen atoms in total. The van der Waals surface area contributed by atoms with Gasteiger partial charge in [-0.05, 0) is 46.4 Å². The van der Waals surface area contributed by atoms with E-state index in [0.717, 1.165) is 26.1 Å². The summed E-state index contributed by atoms with van der Waals surface area (Å²) in [6, 6.07) is 0. The van der Waals surface area contributed by atoms with Crippen LogP contribution in [0.15, 0.2) is 0 Å². The number of rotatable bonds is 8. The molecule has 0 aromatic heterocycles. The molecule has 0 heterocycles. The van der Waals surface area contributed by atoms with Crippen molar-refractivity contribution in [3.8, 4) is 0 Å². The Bertz CT molecular complexity index is 141. The Morgan fingerprint density at radius 2 is 1.93 bits per heavy atom. The molecule has 0 radical (unpaired) electrons. The van der Waals surface area contributed by atoms with Crippen molar-refractivity contribution in [1.29, 1.82) is 0 Å². The van der Waals surface area contributed by atoms with Crippen molar-refractivity contribution in [3.05, 3.63) is 0 Å². The van der Waals surface area contributed by atoms with E-state index in [1.165, 1.54) is 6.42 Å². The van der Waals surface area contributed by atoms with E-state index in [-0.39, 0.29) is 12.1 Å². The van der Waals surface area contributed by atoms with Gasteiger partial charge in [0.15, 0.2) is 0 Å². The van der Waals surface area contributed by atoms with Crippen molar-refractivity contribution in [2.75, 3.05) is 33.3 Å². The molecule has 3 heteroatoms. The van der Waals surface area contributed by atoms with Crippen LogP contribution in [0.5, 0.6) is 0 Å². The van der Waals surface area contributed by atoms with E-state index < -0.39 is 0 Å². The molecule has 0 aromatic carbocycles. The van der Waals surface area contributed by atoms with E-state index >= 15 is 0 Å². The first kappa shape index (κ1) is 13.9. The summed E-state index contributed by atoms with van der Waals surface area (Å²) in [5.74, 6) is 0. The van der Waals surface area contributed by atoms with Gasteiger partial charge in [-0.2, -0.15) is 0 Å². The highest BCUT2D eigenvalue weighted by atomic mass is 16.3. The highest BCUT2D eigenvalue weighted by Gasteiger charge is 2.21. The summed E-state index contributed by atoms with van der Waals surface area (Å²) in [4.78, 5) is 2.31. The molecule has 0 rings (SSSR count). The quantitative estimate of drug-likeness (QED) is 0.618. The largest absolute Gasteiger partial charge is 0.394 e. The minimum atomic E-state index is -0.114. The van der Waals surface area contributed by atoms with Crippen molar-refractivity contribution in [1.82, 2.24) is 10.2 Å². The fourth-order valence-corrected chi connectivity index (χ4v) is 1.58. The Balaban J connectivity index is 3.81. The maximum absolute atomic E-state index is 9.28. The summed E-state index contributed by atoms with van der Waals surface area (Å²) in [5, 5.41) is 12.6. The normalized spacial score (nSPS) is 15.9. The summed E-state index contributed by atoms with van der Waals surface area (Å²) in [7, 11) is 2.13. The second kappa shape index (κ2) is 7.21. The van der Waals surface area contributed by atoms with E-state index in [4.69, 9.17) is 0 Å². The Kier molecular flexibility index (Phi) is 7.15. The Morgan fingerprint density at radius 3 is 2.36 bits per heavy atom. The summed E-state index contributed by atoms with van der Waals surface area (Å²) in [6.45, 7) is 9.63. The van der Waals surface area contributed by atoms with Crippen molar-refractivity contribution < 1.29 is 5.11 Å². The molecule has 86 valence electrons. The lowest BCUT2D eigenvalue weighted by Gasteiger charge is -2.30. The maximum Gasteiger partial charge on any atom is 0.0611 e. The number of aliphatic hydroxyl groups is 1. The van der Waals surface area contributed by atoms with Gasteiger partial charge in [0.2, 0.25) is 0 Å². The second-order valence-electron chi connectivity index (χ2n) is 4.30. The SMILES string of the molecule is CCCN(C)CCC(C)(CO)NCC. The molecule has 0 saturated carbocycles. The molecular weight excluding hydrogens is 176 g/mol. The van der Waals surface area contributed by atoms with Crippen LogP contribution in [0, 0.1) is 0 Å². The van der Waals surface area contributed by atoms with Crippen molar-refractivity contribution in [2.24, 2.45) is 0 Å². The average Bonchev–Trinajstić information content (AvgIpc) is 2.16. The van der Waals surface area contributed by atoms with Gasteiger partial charge < -0.3 is 15.3 Å². The zero-order valence-electron chi connectivity index (χ0n) is 10.1. The molecule has 0 aliphatic rings. The minimum absolute atomic E-state index is 0.114. The third-order valence-corrected chi connectivity index (χ3v) is 2.60. The van der Waals surface area contributed by atoms with Gasteiger partial charge in [0.25, 0.3) is 0 Å². The van der Waals surface area contributed by atoms with Crippen LogP contribution in [-0.2, 0) is 0 Å². The fraction of sp³-hybridized carbons (Fsp3) is 1.00. The second-order valence-corrected chi connectivity index (χ2v) is 4.30. The number of nitrogens with one attached hydrogen (secondary N) is 1. The van der Waals surface area contributed by atoms with Gasteiger partial charge in [-0.25, -0.2) is 0 Å². The molecule has 0 aromatic rings. The van der Waals surface area contributed by atoms with Crippen LogP contribution in [0.25, 0.3) is 0 Å². The zero-order valence-corrected chi connectivity index (χ0v) is 10.1. The topological polar surface area (TPSA) is 35.5 Å². The lowest BCUT2D eigenvalue weighted by Crippen LogP contribution is -2.47. The van der Waals surface area contributed by atoms with E-state index in [1.807, 2.05) is 0 Å². The van der Waals surface area contributed by atoms with Gasteiger partial charge in [-0.15, -0.1) is 0 Å². The van der Waals surface area contributed by atoms with E-state index in [2.05, 4.69) is 38.0 Å². The third kappa shape index (κ3) is 5.58. The van der Waals surface area contributed by atoms with Crippen LogP contribution in [0.3, 0.4) is 0 Å². The van der Waals surface area contributed by atoms with Gasteiger partial charge in [0.05, 0.1) is 6.61 Å². The predicted octanol–water partition coefficient (Wildman–Crippen LogP) is 1.08. The first-order valence-corrected chi connectivity index (χ1v) is 5.62. The maximum atomic E-state index is 9.28. The molecule has 1 unspecified atom stereocenters. The molecule has 0 bridgehead atoms. The van der Waals surface area contributed by atoms with Crippen LogP contribution >= 0.6 is 0 Å². The summed E-state index contributed by atoms with van der Waals surface area (Å²) < 4.78 is 0. The lowest BCUT2D eigenvalue weighted by atomic mass is 9.98. The van der Waals surface area contributed by atoms with Crippen LogP contribution < -0.4 is 5.32 Å². The smallest absolute Gasteiger partial charge is 0.0611 e. The molecule has 0 aliphatic carbocycles. The molecule has 0 saturated heterocycles. The number of hydrogen-bond donors (Lipinski definition) is 2. The average molecular weight is 202 g/mol. The van der Waals surface area contributed by atoms with Gasteiger partial charge in [0.1, 0.15) is 0 Å². The zero-order chi connectivity index (χ0) is 11.0. The monoisotopic (exact) mass is 202 g/mol. The first-order chi connectivity index (χ1) is 6.58. The van der Waals surface area contributed by atoms with Crippen molar-refractivity contribution in [3.63, 3.8) is 0 Å². The Labute approximate surface area is 88.5 Å². The predicted molar refractivity (Wildman–Crippen MR) is 61.6 cm³/mol. The molecule has 0 aliphatic heterocycles. The molecule has 2 N–H and O–H groups in total. The highest BCUT2D eigenvalue weighted by Crippen LogP contribution is 2.09. The van der Waals surface area contributed by atoms with Crippen molar-refractivity contribution in [2.45, 2.75) is 39.2 Å². The van der Waals surface area contributed by atoms with Gasteiger partial charge in [-0.3, -0.25) is 0 Å². The van der Waals surface area contributed by atoms with Crippen LogP contribution in [-0.4, -0.2) is 48.8 Å². The van der Waals surface area contributed by atoms with Crippen LogP contribution in [0.2, 0.25) is 0 Å². The van der Waals surface area contributed by atoms with Crippen molar-refractivity contribution >= 4 is 0 Å². The minimum Gasteiger partial charge on any atom is -0.394 e. The molecule has 0 amide bonds. The number of aliphatic hydroxyl groups excluding tert-OH is 1. The number of hydrogen-bond acceptors (Lipinski definition) is 3. The van der Waals surface area contributed by atoms with Crippen LogP contribution in [0.1, 0.15) is 33.6 Å². The molecule has 0 spiro atoms. The number of nitrogens with zero attached hydrogens (tertiary/aromatic N) is 1. The first-order valence-electron chi connectivity index (χ1n) is 5.62. The van der Waals surface area contributed by atoms with E-state index in [9.17, 15) is 5.11 Å². The molecule has 0 fully saturated rings. The fourth-order valence-electron chi connectivity index (χ4n) is 1.58. The van der Waals surface area contributed by atoms with Gasteiger partial charge >= 0.3 is 0 Å². The Morgan fingerprint density at radius 1 is 1.29 bits per heavy atom. The summed E-state index contributed by atoms with van der Waals surface area (Å²) >= 11 is 0.